The Morgan fingerprint density at radius 3 is 2.30 bits per heavy atom. The molecule has 23 heavy (non-hydrogen) atoms. The van der Waals surface area contributed by atoms with Gasteiger partial charge >= 0.3 is 5.97 Å². The first kappa shape index (κ1) is 14.8. The minimum atomic E-state index is -0.983. The van der Waals surface area contributed by atoms with Gasteiger partial charge in [-0.3, -0.25) is 9.59 Å². The number of carbonyl (C=O) groups is 2. The molecule has 4 aliphatic carbocycles. The van der Waals surface area contributed by atoms with E-state index in [1.165, 1.54) is 25.5 Å². The molecule has 0 radical (unpaired) electrons. The quantitative estimate of drug-likeness (QED) is 0.895. The zero-order valence-electron chi connectivity index (χ0n) is 13.4. The summed E-state index contributed by atoms with van der Waals surface area (Å²) < 4.78 is 5.31. The summed E-state index contributed by atoms with van der Waals surface area (Å²) in [6.45, 7) is 1.80. The van der Waals surface area contributed by atoms with Crippen molar-refractivity contribution in [2.75, 3.05) is 0 Å². The third-order valence-corrected chi connectivity index (χ3v) is 6.01. The predicted octanol–water partition coefficient (Wildman–Crippen LogP) is 2.91. The normalized spacial score (nSPS) is 34.6. The van der Waals surface area contributed by atoms with E-state index in [0.717, 1.165) is 37.0 Å². The van der Waals surface area contributed by atoms with Gasteiger partial charge in [0, 0.05) is 11.1 Å². The lowest BCUT2D eigenvalue weighted by Gasteiger charge is -2.56. The van der Waals surface area contributed by atoms with Crippen molar-refractivity contribution < 1.29 is 19.1 Å². The van der Waals surface area contributed by atoms with E-state index in [4.69, 9.17) is 9.52 Å². The summed E-state index contributed by atoms with van der Waals surface area (Å²) in [5, 5.41) is 12.3. The fraction of sp³-hybridized carbons (Fsp3) is 0.667. The van der Waals surface area contributed by atoms with Crippen LogP contribution in [0.5, 0.6) is 0 Å². The number of furan rings is 1. The number of amides is 1. The monoisotopic (exact) mass is 317 g/mol. The van der Waals surface area contributed by atoms with E-state index in [-0.39, 0.29) is 23.6 Å². The first-order valence-electron chi connectivity index (χ1n) is 8.55. The second-order valence-corrected chi connectivity index (χ2v) is 7.94. The van der Waals surface area contributed by atoms with Crippen molar-refractivity contribution in [3.8, 4) is 0 Å². The lowest BCUT2D eigenvalue weighted by molar-refractivity contribution is -0.136. The smallest absolute Gasteiger partial charge is 0.311 e. The fourth-order valence-electron chi connectivity index (χ4n) is 5.64. The van der Waals surface area contributed by atoms with Gasteiger partial charge in [-0.1, -0.05) is 0 Å². The molecule has 4 bridgehead atoms. The van der Waals surface area contributed by atoms with Crippen molar-refractivity contribution in [2.45, 2.75) is 57.4 Å². The third-order valence-electron chi connectivity index (χ3n) is 6.01. The van der Waals surface area contributed by atoms with Crippen LogP contribution in [0, 0.1) is 24.7 Å². The van der Waals surface area contributed by atoms with Gasteiger partial charge in [-0.05, 0) is 63.2 Å². The van der Waals surface area contributed by atoms with Crippen molar-refractivity contribution in [1.29, 1.82) is 0 Å². The Balaban J connectivity index is 1.57. The molecule has 1 amide bonds. The molecule has 1 aromatic rings. The molecule has 2 N–H and O–H groups in total. The van der Waals surface area contributed by atoms with Gasteiger partial charge in [0.15, 0.2) is 0 Å². The second-order valence-electron chi connectivity index (χ2n) is 7.94. The van der Waals surface area contributed by atoms with Gasteiger partial charge in [-0.15, -0.1) is 0 Å². The van der Waals surface area contributed by atoms with Crippen LogP contribution in [0.25, 0.3) is 0 Å². The molecule has 0 unspecified atom stereocenters. The summed E-state index contributed by atoms with van der Waals surface area (Å²) in [7, 11) is 0. The number of hydrogen-bond acceptors (Lipinski definition) is 3. The van der Waals surface area contributed by atoms with Crippen LogP contribution in [0.4, 0.5) is 0 Å². The summed E-state index contributed by atoms with van der Waals surface area (Å²) in [6.07, 6.45) is 8.43. The first-order valence-corrected chi connectivity index (χ1v) is 8.55. The molecule has 5 heteroatoms. The summed E-state index contributed by atoms with van der Waals surface area (Å²) in [5.41, 5.74) is 1.06. The van der Waals surface area contributed by atoms with Crippen molar-refractivity contribution >= 4 is 11.9 Å². The minimum absolute atomic E-state index is 0.0734. The lowest BCUT2D eigenvalue weighted by atomic mass is 9.53. The molecule has 0 aromatic carbocycles. The maximum Gasteiger partial charge on any atom is 0.311 e. The SMILES string of the molecule is Cc1coc(CC(=O)O)c1C(=O)NC12CC3CC(CC(C3)C1)C2. The van der Waals surface area contributed by atoms with Crippen LogP contribution in [0.1, 0.15) is 60.2 Å². The molecule has 124 valence electrons. The molecule has 0 spiro atoms. The highest BCUT2D eigenvalue weighted by Gasteiger charge is 2.51. The van der Waals surface area contributed by atoms with Gasteiger partial charge in [0.1, 0.15) is 12.2 Å². The molecular weight excluding hydrogens is 294 g/mol. The summed E-state index contributed by atoms with van der Waals surface area (Å²) in [6, 6.07) is 0. The Morgan fingerprint density at radius 1 is 1.22 bits per heavy atom. The van der Waals surface area contributed by atoms with E-state index >= 15 is 0 Å². The molecule has 4 saturated carbocycles. The van der Waals surface area contributed by atoms with Crippen molar-refractivity contribution in [2.24, 2.45) is 17.8 Å². The standard InChI is InChI=1S/C18H23NO4/c1-10-9-23-14(5-15(20)21)16(10)17(22)19-18-6-11-2-12(7-18)4-13(3-11)8-18/h9,11-13H,2-8H2,1H3,(H,19,22)(H,20,21). The van der Waals surface area contributed by atoms with E-state index in [1.54, 1.807) is 6.92 Å². The Kier molecular flexibility index (Phi) is 3.29. The van der Waals surface area contributed by atoms with Crippen LogP contribution in [0.15, 0.2) is 10.7 Å². The van der Waals surface area contributed by atoms with Crippen LogP contribution >= 0.6 is 0 Å². The van der Waals surface area contributed by atoms with Gasteiger partial charge in [0.25, 0.3) is 5.91 Å². The minimum Gasteiger partial charge on any atom is -0.481 e. The van der Waals surface area contributed by atoms with Gasteiger partial charge in [0.05, 0.1) is 11.8 Å². The summed E-state index contributed by atoms with van der Waals surface area (Å²) >= 11 is 0. The van der Waals surface area contributed by atoms with E-state index in [1.807, 2.05) is 0 Å². The first-order chi connectivity index (χ1) is 10.9. The van der Waals surface area contributed by atoms with Gasteiger partial charge in [-0.2, -0.15) is 0 Å². The molecule has 4 aliphatic rings. The molecule has 5 nitrogen and oxygen atoms in total. The van der Waals surface area contributed by atoms with Crippen molar-refractivity contribution in [1.82, 2.24) is 5.32 Å². The lowest BCUT2D eigenvalue weighted by Crippen LogP contribution is -2.59. The van der Waals surface area contributed by atoms with Gasteiger partial charge in [-0.25, -0.2) is 0 Å². The molecule has 5 rings (SSSR count). The van der Waals surface area contributed by atoms with Crippen LogP contribution in [-0.4, -0.2) is 22.5 Å². The molecule has 0 atom stereocenters. The highest BCUT2D eigenvalue weighted by molar-refractivity contribution is 5.98. The Bertz CT molecular complexity index is 625. The molecule has 0 saturated heterocycles. The highest BCUT2D eigenvalue weighted by atomic mass is 16.4. The molecule has 0 aliphatic heterocycles. The molecular formula is C18H23NO4. The number of aliphatic carboxylic acids is 1. The topological polar surface area (TPSA) is 79.5 Å². The van der Waals surface area contributed by atoms with Crippen molar-refractivity contribution in [3.05, 3.63) is 23.2 Å². The van der Waals surface area contributed by atoms with Crippen molar-refractivity contribution in [3.63, 3.8) is 0 Å². The number of carbonyl (C=O) groups excluding carboxylic acids is 1. The van der Waals surface area contributed by atoms with E-state index in [0.29, 0.717) is 11.1 Å². The number of carboxylic acids is 1. The van der Waals surface area contributed by atoms with E-state index in [9.17, 15) is 9.59 Å². The van der Waals surface area contributed by atoms with Crippen LogP contribution < -0.4 is 5.32 Å². The summed E-state index contributed by atoms with van der Waals surface area (Å²) in [4.78, 5) is 23.8. The van der Waals surface area contributed by atoms with E-state index < -0.39 is 5.97 Å². The number of nitrogens with one attached hydrogen (secondary N) is 1. The van der Waals surface area contributed by atoms with Crippen LogP contribution in [-0.2, 0) is 11.2 Å². The maximum atomic E-state index is 12.8. The highest BCUT2D eigenvalue weighted by Crippen LogP contribution is 2.55. The van der Waals surface area contributed by atoms with Gasteiger partial charge in [0.2, 0.25) is 0 Å². The average Bonchev–Trinajstić information content (AvgIpc) is 2.76. The Morgan fingerprint density at radius 2 is 1.78 bits per heavy atom. The van der Waals surface area contributed by atoms with Crippen LogP contribution in [0.3, 0.4) is 0 Å². The zero-order chi connectivity index (χ0) is 16.2. The third kappa shape index (κ3) is 2.56. The fourth-order valence-corrected chi connectivity index (χ4v) is 5.64. The number of carboxylic acid groups (broad SMARTS) is 1. The Hall–Kier alpha value is -1.78. The van der Waals surface area contributed by atoms with E-state index in [2.05, 4.69) is 5.32 Å². The maximum absolute atomic E-state index is 12.8. The summed E-state index contributed by atoms with van der Waals surface area (Å²) in [5.74, 6) is 1.39. The largest absolute Gasteiger partial charge is 0.481 e. The number of hydrogen-bond donors (Lipinski definition) is 2. The molecule has 1 heterocycles. The Labute approximate surface area is 135 Å². The predicted molar refractivity (Wildman–Crippen MR) is 83.2 cm³/mol. The van der Waals surface area contributed by atoms with Gasteiger partial charge < -0.3 is 14.8 Å². The number of rotatable bonds is 4. The number of aryl methyl sites for hydroxylation is 1. The second kappa shape index (κ2) is 5.11. The molecule has 1 aromatic heterocycles. The molecule has 4 fully saturated rings. The van der Waals surface area contributed by atoms with Crippen LogP contribution in [0.2, 0.25) is 0 Å². The average molecular weight is 317 g/mol. The zero-order valence-corrected chi connectivity index (χ0v) is 13.4.